The van der Waals surface area contributed by atoms with Crippen molar-refractivity contribution in [2.45, 2.75) is 33.5 Å². The summed E-state index contributed by atoms with van der Waals surface area (Å²) >= 11 is 0. The topological polar surface area (TPSA) is 47.7 Å². The molecule has 2 aromatic heterocycles. The molecule has 0 amide bonds. The average Bonchev–Trinajstić information content (AvgIpc) is 2.94. The van der Waals surface area contributed by atoms with Crippen molar-refractivity contribution < 1.29 is 4.39 Å². The molecule has 0 aliphatic heterocycles. The first-order valence-corrected chi connectivity index (χ1v) is 6.08. The molecule has 106 valence electrons. The molecule has 0 aromatic carbocycles. The van der Waals surface area contributed by atoms with Gasteiger partial charge in [-0.25, -0.2) is 4.39 Å². The Morgan fingerprint density at radius 3 is 2.74 bits per heavy atom. The van der Waals surface area contributed by atoms with Crippen molar-refractivity contribution in [1.29, 1.82) is 0 Å². The number of aryl methyl sites for hydroxylation is 3. The van der Waals surface area contributed by atoms with E-state index in [9.17, 15) is 4.39 Å². The quantitative estimate of drug-likeness (QED) is 0.887. The number of hydrogen-bond donors (Lipinski definition) is 1. The second-order valence-corrected chi connectivity index (χ2v) is 4.13. The molecule has 0 unspecified atom stereocenters. The predicted octanol–water partition coefficient (Wildman–Crippen LogP) is 2.41. The van der Waals surface area contributed by atoms with Crippen molar-refractivity contribution in [3.63, 3.8) is 0 Å². The highest BCUT2D eigenvalue weighted by atomic mass is 35.5. The summed E-state index contributed by atoms with van der Waals surface area (Å²) < 4.78 is 15.6. The van der Waals surface area contributed by atoms with Crippen molar-refractivity contribution in [2.75, 3.05) is 12.0 Å². The number of nitrogens with zero attached hydrogens (tertiary/aromatic N) is 4. The molecule has 0 fully saturated rings. The fraction of sp³-hybridized carbons (Fsp3) is 0.500. The number of aromatic nitrogens is 4. The summed E-state index contributed by atoms with van der Waals surface area (Å²) in [5.41, 5.74) is 3.09. The lowest BCUT2D eigenvalue weighted by molar-refractivity contribution is 0.427. The van der Waals surface area contributed by atoms with Gasteiger partial charge in [0.1, 0.15) is 6.67 Å². The van der Waals surface area contributed by atoms with Crippen LogP contribution >= 0.6 is 12.4 Å². The number of nitrogens with one attached hydrogen (secondary N) is 1. The highest BCUT2D eigenvalue weighted by molar-refractivity contribution is 5.85. The Bertz CT molecular complexity index is 508. The molecule has 7 heteroatoms. The number of hydrogen-bond acceptors (Lipinski definition) is 3. The smallest absolute Gasteiger partial charge is 0.109 e. The fourth-order valence-corrected chi connectivity index (χ4v) is 1.76. The lowest BCUT2D eigenvalue weighted by Crippen LogP contribution is -2.00. The van der Waals surface area contributed by atoms with Crippen LogP contribution in [0.3, 0.4) is 0 Å². The Labute approximate surface area is 118 Å². The Kier molecular flexibility index (Phi) is 5.82. The lowest BCUT2D eigenvalue weighted by Gasteiger charge is -2.01. The van der Waals surface area contributed by atoms with Crippen LogP contribution in [0.1, 0.15) is 18.2 Å². The predicted molar refractivity (Wildman–Crippen MR) is 75.4 cm³/mol. The first-order chi connectivity index (χ1) is 8.72. The van der Waals surface area contributed by atoms with Crippen LogP contribution in [-0.2, 0) is 19.6 Å². The largest absolute Gasteiger partial charge is 0.378 e. The van der Waals surface area contributed by atoms with Crippen molar-refractivity contribution in [3.05, 3.63) is 29.8 Å². The molecular formula is C12H19ClFN5. The number of rotatable bonds is 6. The van der Waals surface area contributed by atoms with Crippen LogP contribution in [0.25, 0.3) is 0 Å². The monoisotopic (exact) mass is 287 g/mol. The average molecular weight is 288 g/mol. The highest BCUT2D eigenvalue weighted by Gasteiger charge is 2.04. The summed E-state index contributed by atoms with van der Waals surface area (Å²) in [6.45, 7) is 5.53. The van der Waals surface area contributed by atoms with E-state index >= 15 is 0 Å². The fourth-order valence-electron chi connectivity index (χ4n) is 1.76. The molecule has 0 spiro atoms. The number of alkyl halides is 1. The van der Waals surface area contributed by atoms with E-state index in [-0.39, 0.29) is 12.4 Å². The Morgan fingerprint density at radius 2 is 2.11 bits per heavy atom. The van der Waals surface area contributed by atoms with Gasteiger partial charge in [-0.2, -0.15) is 10.2 Å². The first kappa shape index (κ1) is 15.5. The third kappa shape index (κ3) is 3.96. The van der Waals surface area contributed by atoms with Gasteiger partial charge in [-0.1, -0.05) is 0 Å². The molecule has 0 saturated heterocycles. The van der Waals surface area contributed by atoms with Crippen molar-refractivity contribution >= 4 is 18.1 Å². The molecule has 0 radical (unpaired) electrons. The van der Waals surface area contributed by atoms with Gasteiger partial charge < -0.3 is 5.32 Å². The second kappa shape index (κ2) is 7.13. The van der Waals surface area contributed by atoms with E-state index in [0.717, 1.165) is 23.5 Å². The molecule has 2 aromatic rings. The van der Waals surface area contributed by atoms with Crippen LogP contribution in [0.2, 0.25) is 0 Å². The summed E-state index contributed by atoms with van der Waals surface area (Å²) in [6, 6.07) is 0. The van der Waals surface area contributed by atoms with Crippen molar-refractivity contribution in [3.8, 4) is 0 Å². The molecule has 2 heterocycles. The van der Waals surface area contributed by atoms with Crippen LogP contribution in [0.15, 0.2) is 18.6 Å². The van der Waals surface area contributed by atoms with Crippen LogP contribution in [0.4, 0.5) is 10.1 Å². The molecule has 0 saturated carbocycles. The van der Waals surface area contributed by atoms with E-state index < -0.39 is 6.67 Å². The molecule has 5 nitrogen and oxygen atoms in total. The second-order valence-electron chi connectivity index (χ2n) is 4.13. The molecule has 19 heavy (non-hydrogen) atoms. The Balaban J connectivity index is 0.00000180. The third-order valence-corrected chi connectivity index (χ3v) is 2.80. The van der Waals surface area contributed by atoms with E-state index in [2.05, 4.69) is 22.4 Å². The van der Waals surface area contributed by atoms with E-state index in [4.69, 9.17) is 0 Å². The SMILES string of the molecule is CCn1cc(CNc2cnn(CCF)c2)c(C)n1.Cl. The molecule has 2 rings (SSSR count). The van der Waals surface area contributed by atoms with Crippen LogP contribution in [0, 0.1) is 6.92 Å². The summed E-state index contributed by atoms with van der Waals surface area (Å²) in [5.74, 6) is 0. The van der Waals surface area contributed by atoms with Gasteiger partial charge in [0.15, 0.2) is 0 Å². The maximum atomic E-state index is 12.1. The summed E-state index contributed by atoms with van der Waals surface area (Å²) in [6.07, 6.45) is 5.54. The normalized spacial score (nSPS) is 10.3. The minimum atomic E-state index is -0.399. The maximum Gasteiger partial charge on any atom is 0.109 e. The minimum Gasteiger partial charge on any atom is -0.378 e. The van der Waals surface area contributed by atoms with Crippen molar-refractivity contribution in [1.82, 2.24) is 19.6 Å². The summed E-state index contributed by atoms with van der Waals surface area (Å²) in [4.78, 5) is 0. The van der Waals surface area contributed by atoms with E-state index in [1.807, 2.05) is 17.8 Å². The first-order valence-electron chi connectivity index (χ1n) is 6.08. The standard InChI is InChI=1S/C12H18FN5.ClH/c1-3-17-8-11(10(2)16-17)6-14-12-7-15-18(9-12)5-4-13;/h7-9,14H,3-6H2,1-2H3;1H. The van der Waals surface area contributed by atoms with Gasteiger partial charge in [-0.3, -0.25) is 9.36 Å². The third-order valence-electron chi connectivity index (χ3n) is 2.80. The van der Waals surface area contributed by atoms with E-state index in [0.29, 0.717) is 13.1 Å². The Morgan fingerprint density at radius 1 is 1.32 bits per heavy atom. The van der Waals surface area contributed by atoms with Gasteiger partial charge in [0, 0.05) is 31.0 Å². The lowest BCUT2D eigenvalue weighted by atomic mass is 10.2. The Hall–Kier alpha value is -1.56. The maximum absolute atomic E-state index is 12.1. The van der Waals surface area contributed by atoms with Crippen LogP contribution in [-0.4, -0.2) is 26.2 Å². The highest BCUT2D eigenvalue weighted by Crippen LogP contribution is 2.10. The zero-order chi connectivity index (χ0) is 13.0. The summed E-state index contributed by atoms with van der Waals surface area (Å²) in [7, 11) is 0. The van der Waals surface area contributed by atoms with E-state index in [1.165, 1.54) is 0 Å². The zero-order valence-electron chi connectivity index (χ0n) is 11.1. The summed E-state index contributed by atoms with van der Waals surface area (Å²) in [5, 5.41) is 11.7. The van der Waals surface area contributed by atoms with E-state index in [1.54, 1.807) is 17.1 Å². The molecule has 0 bridgehead atoms. The molecule has 0 aliphatic rings. The van der Waals surface area contributed by atoms with Gasteiger partial charge in [0.05, 0.1) is 24.1 Å². The minimum absolute atomic E-state index is 0. The van der Waals surface area contributed by atoms with Gasteiger partial charge in [-0.05, 0) is 13.8 Å². The molecule has 0 aliphatic carbocycles. The zero-order valence-corrected chi connectivity index (χ0v) is 12.0. The van der Waals surface area contributed by atoms with Crippen LogP contribution < -0.4 is 5.32 Å². The van der Waals surface area contributed by atoms with Crippen LogP contribution in [0.5, 0.6) is 0 Å². The molecule has 1 N–H and O–H groups in total. The number of halogens is 2. The van der Waals surface area contributed by atoms with Gasteiger partial charge in [-0.15, -0.1) is 12.4 Å². The van der Waals surface area contributed by atoms with Crippen molar-refractivity contribution in [2.24, 2.45) is 0 Å². The van der Waals surface area contributed by atoms with Gasteiger partial charge in [0.25, 0.3) is 0 Å². The van der Waals surface area contributed by atoms with Gasteiger partial charge >= 0.3 is 0 Å². The molecular weight excluding hydrogens is 269 g/mol. The number of anilines is 1. The van der Waals surface area contributed by atoms with Gasteiger partial charge in [0.2, 0.25) is 0 Å². The molecule has 0 atom stereocenters.